The minimum absolute atomic E-state index is 0.0340. The van der Waals surface area contributed by atoms with Crippen LogP contribution in [0.1, 0.15) is 24.0 Å². The number of nitrogens with zero attached hydrogens (tertiary/aromatic N) is 1. The molecule has 1 saturated heterocycles. The summed E-state index contributed by atoms with van der Waals surface area (Å²) in [6, 6.07) is 3.73. The molecule has 126 valence electrons. The summed E-state index contributed by atoms with van der Waals surface area (Å²) in [5.41, 5.74) is 1.36. The lowest BCUT2D eigenvalue weighted by Gasteiger charge is -2.55. The van der Waals surface area contributed by atoms with Gasteiger partial charge in [0, 0.05) is 31.1 Å². The van der Waals surface area contributed by atoms with Crippen molar-refractivity contribution in [2.24, 2.45) is 0 Å². The molecule has 0 saturated carbocycles. The highest BCUT2D eigenvalue weighted by molar-refractivity contribution is 6.00. The van der Waals surface area contributed by atoms with Crippen molar-refractivity contribution in [1.29, 1.82) is 0 Å². The molecule has 2 unspecified atom stereocenters. The molecule has 1 N–H and O–H groups in total. The quantitative estimate of drug-likeness (QED) is 0.903. The SMILES string of the molecule is COc1ccc2c(c1O)C13CCN(C)C(OC)(C1)C(=O)C=C3C=C2. The van der Waals surface area contributed by atoms with Gasteiger partial charge < -0.3 is 14.6 Å². The number of methoxy groups -OCH3 is 2. The lowest BCUT2D eigenvalue weighted by atomic mass is 9.58. The van der Waals surface area contributed by atoms with E-state index in [0.717, 1.165) is 23.1 Å². The van der Waals surface area contributed by atoms with Gasteiger partial charge in [-0.3, -0.25) is 9.69 Å². The van der Waals surface area contributed by atoms with Gasteiger partial charge in [-0.25, -0.2) is 0 Å². The number of benzene rings is 1. The summed E-state index contributed by atoms with van der Waals surface area (Å²) >= 11 is 0. The van der Waals surface area contributed by atoms with E-state index in [1.807, 2.05) is 30.2 Å². The van der Waals surface area contributed by atoms with E-state index in [9.17, 15) is 9.90 Å². The van der Waals surface area contributed by atoms with E-state index < -0.39 is 11.1 Å². The van der Waals surface area contributed by atoms with Crippen molar-refractivity contribution >= 4 is 11.9 Å². The van der Waals surface area contributed by atoms with Crippen molar-refractivity contribution in [2.75, 3.05) is 27.8 Å². The smallest absolute Gasteiger partial charge is 0.202 e. The number of piperidine rings is 1. The normalized spacial score (nSPS) is 31.3. The summed E-state index contributed by atoms with van der Waals surface area (Å²) in [5, 5.41) is 10.8. The van der Waals surface area contributed by atoms with Gasteiger partial charge in [0.2, 0.25) is 5.78 Å². The molecule has 1 spiro atoms. The third-order valence-corrected chi connectivity index (χ3v) is 5.91. The van der Waals surface area contributed by atoms with Gasteiger partial charge >= 0.3 is 0 Å². The zero-order valence-corrected chi connectivity index (χ0v) is 14.1. The zero-order valence-electron chi connectivity index (χ0n) is 14.1. The van der Waals surface area contributed by atoms with Crippen LogP contribution in [0.3, 0.4) is 0 Å². The third-order valence-electron chi connectivity index (χ3n) is 5.91. The Morgan fingerprint density at radius 3 is 2.75 bits per heavy atom. The molecule has 1 aromatic rings. The number of carbonyl (C=O) groups is 1. The van der Waals surface area contributed by atoms with Gasteiger partial charge in [-0.1, -0.05) is 18.2 Å². The summed E-state index contributed by atoms with van der Waals surface area (Å²) < 4.78 is 11.0. The van der Waals surface area contributed by atoms with Crippen molar-refractivity contribution in [3.8, 4) is 11.5 Å². The maximum Gasteiger partial charge on any atom is 0.202 e. The van der Waals surface area contributed by atoms with Crippen LogP contribution in [0, 0.1) is 0 Å². The Morgan fingerprint density at radius 1 is 1.25 bits per heavy atom. The highest BCUT2D eigenvalue weighted by Gasteiger charge is 2.58. The van der Waals surface area contributed by atoms with Crippen LogP contribution in [0.5, 0.6) is 11.5 Å². The molecular weight excluding hydrogens is 306 g/mol. The van der Waals surface area contributed by atoms with Crippen LogP contribution < -0.4 is 4.74 Å². The minimum Gasteiger partial charge on any atom is -0.504 e. The fraction of sp³-hybridized carbons (Fsp3) is 0.421. The first-order valence-electron chi connectivity index (χ1n) is 8.10. The average molecular weight is 327 g/mol. The molecule has 0 aromatic heterocycles. The summed E-state index contributed by atoms with van der Waals surface area (Å²) in [5.74, 6) is 0.582. The van der Waals surface area contributed by atoms with E-state index >= 15 is 0 Å². The molecule has 0 radical (unpaired) electrons. The van der Waals surface area contributed by atoms with Crippen molar-refractivity contribution in [3.63, 3.8) is 0 Å². The summed E-state index contributed by atoms with van der Waals surface area (Å²) in [6.45, 7) is 0.709. The Hall–Kier alpha value is -2.11. The van der Waals surface area contributed by atoms with Gasteiger partial charge in [0.1, 0.15) is 0 Å². The monoisotopic (exact) mass is 327 g/mol. The lowest BCUT2D eigenvalue weighted by Crippen LogP contribution is -2.64. The summed E-state index contributed by atoms with van der Waals surface area (Å²) in [7, 11) is 5.04. The second kappa shape index (κ2) is 4.94. The number of phenols is 1. The van der Waals surface area contributed by atoms with Crippen LogP contribution in [0.25, 0.3) is 6.08 Å². The molecule has 0 amide bonds. The van der Waals surface area contributed by atoms with E-state index in [2.05, 4.69) is 0 Å². The van der Waals surface area contributed by atoms with Gasteiger partial charge in [-0.15, -0.1) is 0 Å². The third kappa shape index (κ3) is 1.69. The Morgan fingerprint density at radius 2 is 2.04 bits per heavy atom. The number of likely N-dealkylation sites (tertiary alicyclic amines) is 1. The number of phenolic OH excluding ortho intramolecular Hbond substituents is 1. The first-order valence-corrected chi connectivity index (χ1v) is 8.10. The molecule has 1 fully saturated rings. The van der Waals surface area contributed by atoms with Crippen LogP contribution in [0.4, 0.5) is 0 Å². The predicted molar refractivity (Wildman–Crippen MR) is 90.1 cm³/mol. The van der Waals surface area contributed by atoms with Gasteiger partial charge in [-0.2, -0.15) is 0 Å². The molecular formula is C19H21NO4. The van der Waals surface area contributed by atoms with Gasteiger partial charge in [0.25, 0.3) is 0 Å². The molecule has 24 heavy (non-hydrogen) atoms. The van der Waals surface area contributed by atoms with E-state index in [-0.39, 0.29) is 11.5 Å². The molecule has 2 bridgehead atoms. The number of hydrogen-bond donors (Lipinski definition) is 1. The van der Waals surface area contributed by atoms with Crippen LogP contribution in [0.15, 0.2) is 29.9 Å². The maximum atomic E-state index is 12.8. The molecule has 3 aliphatic rings. The van der Waals surface area contributed by atoms with Crippen LogP contribution in [-0.2, 0) is 14.9 Å². The summed E-state index contributed by atoms with van der Waals surface area (Å²) in [4.78, 5) is 14.8. The highest BCUT2D eigenvalue weighted by atomic mass is 16.5. The molecule has 2 atom stereocenters. The van der Waals surface area contributed by atoms with Gasteiger partial charge in [0.15, 0.2) is 17.2 Å². The van der Waals surface area contributed by atoms with E-state index in [1.54, 1.807) is 26.4 Å². The number of ether oxygens (including phenoxy) is 2. The predicted octanol–water partition coefficient (Wildman–Crippen LogP) is 2.24. The number of likely N-dealkylation sites (N-methyl/N-ethyl adjacent to an activating group) is 1. The van der Waals surface area contributed by atoms with Crippen LogP contribution in [-0.4, -0.2) is 49.3 Å². The standard InChI is InChI=1S/C19H21NO4/c1-20-9-8-18-11-19(20,24-3)15(21)10-13(18)6-4-12-5-7-14(23-2)17(22)16(12)18/h4-7,10,22H,8-9,11H2,1-3H3. The molecule has 1 aromatic carbocycles. The molecule has 4 rings (SSSR count). The van der Waals surface area contributed by atoms with Crippen LogP contribution >= 0.6 is 0 Å². The average Bonchev–Trinajstić information content (AvgIpc) is 2.59. The van der Waals surface area contributed by atoms with E-state index in [4.69, 9.17) is 9.47 Å². The summed E-state index contributed by atoms with van der Waals surface area (Å²) in [6.07, 6.45) is 6.94. The number of rotatable bonds is 2. The Balaban J connectivity index is 2.01. The Bertz CT molecular complexity index is 797. The van der Waals surface area contributed by atoms with Gasteiger partial charge in [0.05, 0.1) is 7.11 Å². The van der Waals surface area contributed by atoms with Crippen LogP contribution in [0.2, 0.25) is 0 Å². The van der Waals surface area contributed by atoms with E-state index in [1.165, 1.54) is 0 Å². The number of fused-ring (bicyclic) bond motifs is 2. The largest absolute Gasteiger partial charge is 0.504 e. The van der Waals surface area contributed by atoms with Gasteiger partial charge in [-0.05, 0) is 36.7 Å². The second-order valence-corrected chi connectivity index (χ2v) is 6.80. The molecule has 1 aliphatic heterocycles. The fourth-order valence-electron chi connectivity index (χ4n) is 4.55. The molecule has 1 heterocycles. The minimum atomic E-state index is -0.973. The highest BCUT2D eigenvalue weighted by Crippen LogP contribution is 2.57. The van der Waals surface area contributed by atoms with Crippen molar-refractivity contribution in [2.45, 2.75) is 24.0 Å². The first-order chi connectivity index (χ1) is 11.5. The number of hydrogen-bond acceptors (Lipinski definition) is 5. The topological polar surface area (TPSA) is 59.0 Å². The number of allylic oxidation sites excluding steroid dienone is 2. The lowest BCUT2D eigenvalue weighted by molar-refractivity contribution is -0.178. The first kappa shape index (κ1) is 15.4. The molecule has 2 aliphatic carbocycles. The van der Waals surface area contributed by atoms with Crippen molar-refractivity contribution in [1.82, 2.24) is 4.90 Å². The molecule has 5 nitrogen and oxygen atoms in total. The number of carbonyl (C=O) groups excluding carboxylic acids is 1. The fourth-order valence-corrected chi connectivity index (χ4v) is 4.55. The van der Waals surface area contributed by atoms with Crippen molar-refractivity contribution < 1.29 is 19.4 Å². The number of ketones is 1. The molecule has 5 heteroatoms. The van der Waals surface area contributed by atoms with E-state index in [0.29, 0.717) is 18.7 Å². The number of aromatic hydroxyl groups is 1. The Labute approximate surface area is 141 Å². The maximum absolute atomic E-state index is 12.8. The van der Waals surface area contributed by atoms with Crippen molar-refractivity contribution in [3.05, 3.63) is 41.0 Å². The zero-order chi connectivity index (χ0) is 17.1. The second-order valence-electron chi connectivity index (χ2n) is 6.80. The Kier molecular flexibility index (Phi) is 3.18.